The molecule has 0 aliphatic carbocycles. The molecule has 1 N–H and O–H groups in total. The predicted molar refractivity (Wildman–Crippen MR) is 110 cm³/mol. The molecule has 2 heterocycles. The normalized spacial score (nSPS) is 10.9. The van der Waals surface area contributed by atoms with Gasteiger partial charge in [-0.2, -0.15) is 0 Å². The van der Waals surface area contributed by atoms with Crippen LogP contribution in [-0.4, -0.2) is 23.0 Å². The van der Waals surface area contributed by atoms with Crippen LogP contribution in [0.3, 0.4) is 0 Å². The van der Waals surface area contributed by atoms with Crippen LogP contribution in [0.5, 0.6) is 0 Å². The molecule has 3 aromatic rings. The van der Waals surface area contributed by atoms with E-state index in [4.69, 9.17) is 9.97 Å². The molecule has 0 aliphatic rings. The molecule has 0 fully saturated rings. The smallest absolute Gasteiger partial charge is 0.305 e. The van der Waals surface area contributed by atoms with E-state index in [1.165, 1.54) is 17.6 Å². The lowest BCUT2D eigenvalue weighted by Gasteiger charge is -2.09. The van der Waals surface area contributed by atoms with Crippen LogP contribution >= 0.6 is 11.3 Å². The fraction of sp³-hybridized carbons (Fsp3) is 0.381. The third-order valence-electron chi connectivity index (χ3n) is 4.40. The summed E-state index contributed by atoms with van der Waals surface area (Å²) in [6.45, 7) is 2.88. The Morgan fingerprint density at radius 2 is 2.00 bits per heavy atom. The van der Waals surface area contributed by atoms with Gasteiger partial charge in [0.25, 0.3) is 0 Å². The minimum absolute atomic E-state index is 0.164. The van der Waals surface area contributed by atoms with Gasteiger partial charge < -0.3 is 10.1 Å². The number of rotatable bonds is 9. The number of fused-ring (bicyclic) bond motifs is 1. The first-order valence-corrected chi connectivity index (χ1v) is 10.1. The Balaban J connectivity index is 1.75. The van der Waals surface area contributed by atoms with Gasteiger partial charge in [-0.3, -0.25) is 4.79 Å². The number of nitrogens with zero attached hydrogens (tertiary/aromatic N) is 2. The lowest BCUT2D eigenvalue weighted by molar-refractivity contribution is -0.140. The van der Waals surface area contributed by atoms with Gasteiger partial charge in [-0.1, -0.05) is 37.3 Å². The summed E-state index contributed by atoms with van der Waals surface area (Å²) in [5.74, 6) is 1.55. The van der Waals surface area contributed by atoms with Crippen LogP contribution in [0.2, 0.25) is 0 Å². The molecular formula is C21H25N3O2S. The quantitative estimate of drug-likeness (QED) is 0.427. The average Bonchev–Trinajstić information content (AvgIpc) is 3.13. The third kappa shape index (κ3) is 5.26. The molecule has 2 aromatic heterocycles. The number of nitrogens with one attached hydrogen (secondary N) is 1. The SMILES string of the molecule is CCc1cc2c(NCc3ccccc3)nc(CCCCC(=O)OC)nc2s1. The van der Waals surface area contributed by atoms with Crippen LogP contribution in [0, 0.1) is 0 Å². The first-order valence-electron chi connectivity index (χ1n) is 9.33. The molecule has 142 valence electrons. The number of unbranched alkanes of at least 4 members (excludes halogenated alkanes) is 1. The van der Waals surface area contributed by atoms with Crippen molar-refractivity contribution in [3.63, 3.8) is 0 Å². The molecule has 27 heavy (non-hydrogen) atoms. The Morgan fingerprint density at radius 1 is 1.19 bits per heavy atom. The van der Waals surface area contributed by atoms with Gasteiger partial charge in [0, 0.05) is 24.3 Å². The van der Waals surface area contributed by atoms with E-state index in [1.54, 1.807) is 11.3 Å². The molecule has 0 radical (unpaired) electrons. The van der Waals surface area contributed by atoms with Crippen LogP contribution in [0.15, 0.2) is 36.4 Å². The van der Waals surface area contributed by atoms with Gasteiger partial charge in [-0.15, -0.1) is 11.3 Å². The van der Waals surface area contributed by atoms with E-state index in [9.17, 15) is 4.79 Å². The second kappa shape index (κ2) is 9.46. The number of aryl methyl sites for hydroxylation is 2. The molecular weight excluding hydrogens is 358 g/mol. The lowest BCUT2D eigenvalue weighted by atomic mass is 10.2. The van der Waals surface area contributed by atoms with Gasteiger partial charge in [-0.05, 0) is 30.9 Å². The maximum absolute atomic E-state index is 11.2. The molecule has 0 saturated carbocycles. The van der Waals surface area contributed by atoms with Crippen molar-refractivity contribution in [3.8, 4) is 0 Å². The van der Waals surface area contributed by atoms with Crippen LogP contribution in [0.25, 0.3) is 10.2 Å². The van der Waals surface area contributed by atoms with Gasteiger partial charge in [0.05, 0.1) is 12.5 Å². The summed E-state index contributed by atoms with van der Waals surface area (Å²) in [5, 5.41) is 4.57. The topological polar surface area (TPSA) is 64.1 Å². The minimum atomic E-state index is -0.164. The number of aromatic nitrogens is 2. The van der Waals surface area contributed by atoms with Crippen molar-refractivity contribution < 1.29 is 9.53 Å². The van der Waals surface area contributed by atoms with Crippen molar-refractivity contribution in [3.05, 3.63) is 52.7 Å². The molecule has 6 heteroatoms. The zero-order valence-corrected chi connectivity index (χ0v) is 16.6. The van der Waals surface area contributed by atoms with E-state index in [1.807, 2.05) is 18.2 Å². The van der Waals surface area contributed by atoms with E-state index >= 15 is 0 Å². The number of methoxy groups -OCH3 is 1. The summed E-state index contributed by atoms with van der Waals surface area (Å²) in [5.41, 5.74) is 1.22. The van der Waals surface area contributed by atoms with Crippen molar-refractivity contribution in [1.82, 2.24) is 9.97 Å². The number of benzene rings is 1. The maximum Gasteiger partial charge on any atom is 0.305 e. The van der Waals surface area contributed by atoms with E-state index in [2.05, 4.69) is 35.2 Å². The zero-order valence-electron chi connectivity index (χ0n) is 15.8. The number of carbonyl (C=O) groups is 1. The van der Waals surface area contributed by atoms with E-state index in [-0.39, 0.29) is 5.97 Å². The highest BCUT2D eigenvalue weighted by molar-refractivity contribution is 7.18. The van der Waals surface area contributed by atoms with E-state index in [0.717, 1.165) is 54.1 Å². The molecule has 0 spiro atoms. The van der Waals surface area contributed by atoms with Crippen molar-refractivity contribution in [2.45, 2.75) is 45.6 Å². The average molecular weight is 384 g/mol. The number of carbonyl (C=O) groups excluding carboxylic acids is 1. The highest BCUT2D eigenvalue weighted by Crippen LogP contribution is 2.30. The Labute approximate surface area is 163 Å². The fourth-order valence-corrected chi connectivity index (χ4v) is 3.86. The largest absolute Gasteiger partial charge is 0.469 e. The maximum atomic E-state index is 11.2. The fourth-order valence-electron chi connectivity index (χ4n) is 2.87. The molecule has 1 aromatic carbocycles. The van der Waals surface area contributed by atoms with Crippen LogP contribution < -0.4 is 5.32 Å². The summed E-state index contributed by atoms with van der Waals surface area (Å²) in [6, 6.07) is 12.5. The summed E-state index contributed by atoms with van der Waals surface area (Å²) in [4.78, 5) is 23.1. The lowest BCUT2D eigenvalue weighted by Crippen LogP contribution is -2.05. The van der Waals surface area contributed by atoms with Gasteiger partial charge in [-0.25, -0.2) is 9.97 Å². The Kier molecular flexibility index (Phi) is 6.76. The van der Waals surface area contributed by atoms with Crippen molar-refractivity contribution >= 4 is 33.3 Å². The van der Waals surface area contributed by atoms with E-state index in [0.29, 0.717) is 6.42 Å². The Bertz CT molecular complexity index is 893. The van der Waals surface area contributed by atoms with Crippen molar-refractivity contribution in [1.29, 1.82) is 0 Å². The number of hydrogen-bond acceptors (Lipinski definition) is 6. The standard InChI is InChI=1S/C21H25N3O2S/c1-3-16-13-17-20(22-14-15-9-5-4-6-10-15)23-18(24-21(17)27-16)11-7-8-12-19(25)26-2/h4-6,9-10,13H,3,7-8,11-12,14H2,1-2H3,(H,22,23,24). The van der Waals surface area contributed by atoms with Gasteiger partial charge in [0.15, 0.2) is 0 Å². The minimum Gasteiger partial charge on any atom is -0.469 e. The van der Waals surface area contributed by atoms with Crippen molar-refractivity contribution in [2.75, 3.05) is 12.4 Å². The van der Waals surface area contributed by atoms with Gasteiger partial charge in [0.1, 0.15) is 16.5 Å². The number of esters is 1. The van der Waals surface area contributed by atoms with Crippen LogP contribution in [-0.2, 0) is 28.9 Å². The summed E-state index contributed by atoms with van der Waals surface area (Å²) >= 11 is 1.73. The van der Waals surface area contributed by atoms with Crippen molar-refractivity contribution in [2.24, 2.45) is 0 Å². The molecule has 0 saturated heterocycles. The first-order chi connectivity index (χ1) is 13.2. The second-order valence-electron chi connectivity index (χ2n) is 6.40. The second-order valence-corrected chi connectivity index (χ2v) is 7.51. The molecule has 0 atom stereocenters. The number of anilines is 1. The molecule has 5 nitrogen and oxygen atoms in total. The summed E-state index contributed by atoms with van der Waals surface area (Å²) in [7, 11) is 1.42. The zero-order chi connectivity index (χ0) is 19.1. The number of thiophene rings is 1. The highest BCUT2D eigenvalue weighted by Gasteiger charge is 2.12. The third-order valence-corrected chi connectivity index (χ3v) is 5.57. The highest BCUT2D eigenvalue weighted by atomic mass is 32.1. The Hall–Kier alpha value is -2.47. The molecule has 0 aliphatic heterocycles. The Morgan fingerprint density at radius 3 is 2.74 bits per heavy atom. The van der Waals surface area contributed by atoms with Crippen LogP contribution in [0.1, 0.15) is 42.5 Å². The first kappa shape index (κ1) is 19.3. The predicted octanol–water partition coefficient (Wildman–Crippen LogP) is 4.75. The molecule has 3 rings (SSSR count). The number of ether oxygens (including phenoxy) is 1. The monoisotopic (exact) mass is 383 g/mol. The van der Waals surface area contributed by atoms with E-state index < -0.39 is 0 Å². The molecule has 0 amide bonds. The van der Waals surface area contributed by atoms with Crippen LogP contribution in [0.4, 0.5) is 5.82 Å². The molecule has 0 unspecified atom stereocenters. The number of hydrogen-bond donors (Lipinski definition) is 1. The van der Waals surface area contributed by atoms with Gasteiger partial charge >= 0.3 is 5.97 Å². The molecule has 0 bridgehead atoms. The van der Waals surface area contributed by atoms with Gasteiger partial charge in [0.2, 0.25) is 0 Å². The summed E-state index contributed by atoms with van der Waals surface area (Å²) in [6.07, 6.45) is 3.84. The summed E-state index contributed by atoms with van der Waals surface area (Å²) < 4.78 is 4.69.